The predicted octanol–water partition coefficient (Wildman–Crippen LogP) is 2.44. The number of carbonyl (C=O) groups is 2. The van der Waals surface area contributed by atoms with Crippen molar-refractivity contribution in [3.63, 3.8) is 0 Å². The van der Waals surface area contributed by atoms with E-state index in [1.54, 1.807) is 19.1 Å². The van der Waals surface area contributed by atoms with Crippen LogP contribution in [0, 0.1) is 0 Å². The van der Waals surface area contributed by atoms with Crippen LogP contribution in [0.2, 0.25) is 0 Å². The number of esters is 1. The maximum atomic E-state index is 11.7. The minimum absolute atomic E-state index is 0.0780. The average Bonchev–Trinajstić information content (AvgIpc) is 2.71. The summed E-state index contributed by atoms with van der Waals surface area (Å²) in [5, 5.41) is 9.30. The summed E-state index contributed by atoms with van der Waals surface area (Å²) in [7, 11) is 1.46. The first-order valence-corrected chi connectivity index (χ1v) is 6.91. The van der Waals surface area contributed by atoms with E-state index in [4.69, 9.17) is 9.47 Å². The number of methoxy groups -OCH3 is 1. The molecule has 0 aliphatic rings. The number of rotatable bonds is 4. The molecule has 0 spiro atoms. The van der Waals surface area contributed by atoms with Gasteiger partial charge in [-0.2, -0.15) is 0 Å². The molecule has 0 fully saturated rings. The lowest BCUT2D eigenvalue weighted by molar-refractivity contribution is -0.142. The normalized spacial score (nSPS) is 10.6. The first kappa shape index (κ1) is 15.3. The number of carbonyl (C=O) groups excluding carboxylic acids is 1. The smallest absolute Gasteiger partial charge is 0.416 e. The molecule has 21 heavy (non-hydrogen) atoms. The topological polar surface area (TPSA) is 90.7 Å². The number of ether oxygens (including phenoxy) is 2. The molecule has 0 unspecified atom stereocenters. The van der Waals surface area contributed by atoms with E-state index < -0.39 is 12.1 Å². The van der Waals surface area contributed by atoms with Gasteiger partial charge in [-0.25, -0.2) is 14.3 Å². The standard InChI is InChI=1S/C13H13BrN2O5/c1-3-21-10(17)6-7-11-8(4-5-9(15-11)20-2)16(12(7)14)13(18)19/h4-5H,3,6H2,1-2H3,(H,18,19). The van der Waals surface area contributed by atoms with Crippen molar-refractivity contribution in [2.24, 2.45) is 0 Å². The lowest BCUT2D eigenvalue weighted by Crippen LogP contribution is -2.10. The Morgan fingerprint density at radius 1 is 1.43 bits per heavy atom. The molecule has 7 nitrogen and oxygen atoms in total. The predicted molar refractivity (Wildman–Crippen MR) is 77.7 cm³/mol. The summed E-state index contributed by atoms with van der Waals surface area (Å²) in [5.74, 6) is -0.116. The summed E-state index contributed by atoms with van der Waals surface area (Å²) < 4.78 is 11.2. The first-order chi connectivity index (χ1) is 9.99. The van der Waals surface area contributed by atoms with E-state index >= 15 is 0 Å². The average molecular weight is 357 g/mol. The van der Waals surface area contributed by atoms with Gasteiger partial charge in [-0.05, 0) is 28.9 Å². The number of hydrogen-bond acceptors (Lipinski definition) is 5. The van der Waals surface area contributed by atoms with Crippen LogP contribution >= 0.6 is 15.9 Å². The summed E-state index contributed by atoms with van der Waals surface area (Å²) >= 11 is 3.21. The van der Waals surface area contributed by atoms with Gasteiger partial charge in [0.05, 0.1) is 31.2 Å². The summed E-state index contributed by atoms with van der Waals surface area (Å²) in [6.45, 7) is 1.96. The minimum atomic E-state index is -1.17. The molecule has 8 heteroatoms. The molecule has 0 radical (unpaired) electrons. The van der Waals surface area contributed by atoms with Gasteiger partial charge in [0.2, 0.25) is 5.88 Å². The van der Waals surface area contributed by atoms with Crippen LogP contribution in [0.15, 0.2) is 16.7 Å². The summed E-state index contributed by atoms with van der Waals surface area (Å²) in [4.78, 5) is 27.3. The van der Waals surface area contributed by atoms with E-state index in [9.17, 15) is 14.7 Å². The second-order valence-corrected chi connectivity index (χ2v) is 4.84. The molecular weight excluding hydrogens is 344 g/mol. The summed E-state index contributed by atoms with van der Waals surface area (Å²) in [5.41, 5.74) is 1.20. The van der Waals surface area contributed by atoms with Gasteiger partial charge < -0.3 is 14.6 Å². The summed E-state index contributed by atoms with van der Waals surface area (Å²) in [6, 6.07) is 3.14. The molecule has 2 rings (SSSR count). The first-order valence-electron chi connectivity index (χ1n) is 6.12. The molecule has 112 valence electrons. The molecule has 2 aromatic heterocycles. The molecule has 0 amide bonds. The van der Waals surface area contributed by atoms with Gasteiger partial charge in [-0.3, -0.25) is 4.79 Å². The van der Waals surface area contributed by atoms with Crippen LogP contribution in [0.25, 0.3) is 11.0 Å². The molecule has 0 aromatic carbocycles. The van der Waals surface area contributed by atoms with Crippen molar-refractivity contribution in [1.82, 2.24) is 9.55 Å². The zero-order valence-electron chi connectivity index (χ0n) is 11.4. The number of carboxylic acid groups (broad SMARTS) is 1. The molecule has 0 aliphatic carbocycles. The van der Waals surface area contributed by atoms with Crippen LogP contribution in [0.4, 0.5) is 4.79 Å². The van der Waals surface area contributed by atoms with Crippen LogP contribution in [-0.4, -0.2) is 40.4 Å². The van der Waals surface area contributed by atoms with E-state index in [2.05, 4.69) is 20.9 Å². The van der Waals surface area contributed by atoms with E-state index in [0.717, 1.165) is 4.57 Å². The fourth-order valence-corrected chi connectivity index (χ4v) is 2.66. The molecule has 0 saturated heterocycles. The van der Waals surface area contributed by atoms with Crippen molar-refractivity contribution < 1.29 is 24.2 Å². The minimum Gasteiger partial charge on any atom is -0.481 e. The largest absolute Gasteiger partial charge is 0.481 e. The third-order valence-corrected chi connectivity index (χ3v) is 3.68. The van der Waals surface area contributed by atoms with Gasteiger partial charge in [-0.1, -0.05) is 0 Å². The Labute approximate surface area is 128 Å². The number of aromatic nitrogens is 2. The monoisotopic (exact) mass is 356 g/mol. The van der Waals surface area contributed by atoms with Crippen LogP contribution in [0.1, 0.15) is 12.5 Å². The van der Waals surface area contributed by atoms with E-state index in [1.807, 2.05) is 0 Å². The SMILES string of the molecule is CCOC(=O)Cc1c(Br)n(C(=O)O)c2ccc(OC)nc12. The van der Waals surface area contributed by atoms with Crippen molar-refractivity contribution in [1.29, 1.82) is 0 Å². The number of halogens is 1. The quantitative estimate of drug-likeness (QED) is 0.846. The lowest BCUT2D eigenvalue weighted by Gasteiger charge is -2.02. The third kappa shape index (κ3) is 2.85. The fourth-order valence-electron chi connectivity index (χ4n) is 1.99. The number of hydrogen-bond donors (Lipinski definition) is 1. The Morgan fingerprint density at radius 2 is 2.14 bits per heavy atom. The van der Waals surface area contributed by atoms with Crippen molar-refractivity contribution in [2.75, 3.05) is 13.7 Å². The van der Waals surface area contributed by atoms with Gasteiger partial charge in [0.1, 0.15) is 4.60 Å². The number of pyridine rings is 1. The van der Waals surface area contributed by atoms with Gasteiger partial charge in [0, 0.05) is 11.6 Å². The Kier molecular flexibility index (Phi) is 4.46. The molecule has 0 aliphatic heterocycles. The van der Waals surface area contributed by atoms with Crippen molar-refractivity contribution in [3.05, 3.63) is 22.3 Å². The Morgan fingerprint density at radius 3 is 2.71 bits per heavy atom. The van der Waals surface area contributed by atoms with Crippen LogP contribution in [0.5, 0.6) is 5.88 Å². The Bertz CT molecular complexity index is 710. The van der Waals surface area contributed by atoms with Gasteiger partial charge in [0.25, 0.3) is 0 Å². The van der Waals surface area contributed by atoms with E-state index in [1.165, 1.54) is 7.11 Å². The molecule has 2 heterocycles. The molecule has 0 bridgehead atoms. The maximum Gasteiger partial charge on any atom is 0.416 e. The van der Waals surface area contributed by atoms with Gasteiger partial charge in [0.15, 0.2) is 0 Å². The van der Waals surface area contributed by atoms with E-state index in [0.29, 0.717) is 22.5 Å². The highest BCUT2D eigenvalue weighted by molar-refractivity contribution is 9.10. The summed E-state index contributed by atoms with van der Waals surface area (Å²) in [6.07, 6.45) is -1.25. The fraction of sp³-hybridized carbons (Fsp3) is 0.308. The molecule has 2 aromatic rings. The second kappa shape index (κ2) is 6.13. The van der Waals surface area contributed by atoms with Crippen LogP contribution < -0.4 is 4.74 Å². The van der Waals surface area contributed by atoms with Crippen molar-refractivity contribution >= 4 is 39.0 Å². The van der Waals surface area contributed by atoms with Gasteiger partial charge >= 0.3 is 12.1 Å². The highest BCUT2D eigenvalue weighted by atomic mass is 79.9. The van der Waals surface area contributed by atoms with Crippen LogP contribution in [0.3, 0.4) is 0 Å². The molecule has 0 saturated carbocycles. The maximum absolute atomic E-state index is 11.7. The van der Waals surface area contributed by atoms with Crippen LogP contribution in [-0.2, 0) is 16.0 Å². The Hall–Kier alpha value is -2.09. The van der Waals surface area contributed by atoms with Gasteiger partial charge in [-0.15, -0.1) is 0 Å². The van der Waals surface area contributed by atoms with Crippen molar-refractivity contribution in [3.8, 4) is 5.88 Å². The third-order valence-electron chi connectivity index (χ3n) is 2.85. The van der Waals surface area contributed by atoms with Crippen molar-refractivity contribution in [2.45, 2.75) is 13.3 Å². The zero-order chi connectivity index (χ0) is 15.6. The second-order valence-electron chi connectivity index (χ2n) is 4.09. The molecular formula is C13H13BrN2O5. The van der Waals surface area contributed by atoms with E-state index in [-0.39, 0.29) is 17.6 Å². The highest BCUT2D eigenvalue weighted by Gasteiger charge is 2.23. The number of nitrogens with zero attached hydrogens (tertiary/aromatic N) is 2. The molecule has 0 atom stereocenters. The lowest BCUT2D eigenvalue weighted by atomic mass is 10.2. The molecule has 1 N–H and O–H groups in total. The number of fused-ring (bicyclic) bond motifs is 1. The Balaban J connectivity index is 2.63. The zero-order valence-corrected chi connectivity index (χ0v) is 13.0. The highest BCUT2D eigenvalue weighted by Crippen LogP contribution is 2.31.